The number of rotatable bonds is 4. The number of carbonyl (C=O) groups is 2. The number of nitrogens with one attached hydrogen (secondary N) is 2. The first kappa shape index (κ1) is 12.6. The monoisotopic (exact) mass is 248 g/mol. The van der Waals surface area contributed by atoms with Crippen LogP contribution in [-0.2, 0) is 19.6 Å². The molecule has 0 spiro atoms. The molecule has 0 bridgehead atoms. The second kappa shape index (κ2) is 5.03. The zero-order valence-electron chi connectivity index (χ0n) is 8.39. The van der Waals surface area contributed by atoms with Crippen LogP contribution in [0.5, 0.6) is 0 Å². The molecule has 8 nitrogen and oxygen atoms in total. The third-order valence-corrected chi connectivity index (χ3v) is 2.61. The first-order chi connectivity index (χ1) is 7.38. The Labute approximate surface area is 92.3 Å². The molecule has 1 rings (SSSR count). The molecule has 2 amide bonds. The summed E-state index contributed by atoms with van der Waals surface area (Å²) in [5.41, 5.74) is 2.34. The SMILES string of the molecule is NS(=O)(=O)CCNC(=O)C1=NNC(=O)CC1. The van der Waals surface area contributed by atoms with Gasteiger partial charge < -0.3 is 5.32 Å². The van der Waals surface area contributed by atoms with Gasteiger partial charge in [-0.1, -0.05) is 0 Å². The minimum atomic E-state index is -3.58. The molecule has 0 fully saturated rings. The maximum Gasteiger partial charge on any atom is 0.267 e. The van der Waals surface area contributed by atoms with Crippen molar-refractivity contribution in [3.8, 4) is 0 Å². The summed E-state index contributed by atoms with van der Waals surface area (Å²) in [5, 5.41) is 10.6. The van der Waals surface area contributed by atoms with Crippen molar-refractivity contribution in [1.29, 1.82) is 0 Å². The molecule has 1 heterocycles. The van der Waals surface area contributed by atoms with Gasteiger partial charge in [0.25, 0.3) is 5.91 Å². The highest BCUT2D eigenvalue weighted by Gasteiger charge is 2.18. The minimum Gasteiger partial charge on any atom is -0.350 e. The van der Waals surface area contributed by atoms with Crippen molar-refractivity contribution in [3.63, 3.8) is 0 Å². The van der Waals surface area contributed by atoms with Crippen LogP contribution in [-0.4, -0.2) is 38.2 Å². The highest BCUT2D eigenvalue weighted by atomic mass is 32.2. The summed E-state index contributed by atoms with van der Waals surface area (Å²) in [6, 6.07) is 0. The van der Waals surface area contributed by atoms with Crippen LogP contribution in [0.25, 0.3) is 0 Å². The molecule has 0 atom stereocenters. The van der Waals surface area contributed by atoms with E-state index in [1.165, 1.54) is 0 Å². The van der Waals surface area contributed by atoms with Gasteiger partial charge in [-0.2, -0.15) is 5.10 Å². The van der Waals surface area contributed by atoms with Gasteiger partial charge in [-0.3, -0.25) is 9.59 Å². The van der Waals surface area contributed by atoms with E-state index in [9.17, 15) is 18.0 Å². The predicted octanol–water partition coefficient (Wildman–Crippen LogP) is -2.34. The second-order valence-electron chi connectivity index (χ2n) is 3.22. The number of primary sulfonamides is 1. The zero-order valence-corrected chi connectivity index (χ0v) is 9.21. The van der Waals surface area contributed by atoms with E-state index in [-0.39, 0.29) is 36.8 Å². The van der Waals surface area contributed by atoms with Crippen LogP contribution in [0, 0.1) is 0 Å². The van der Waals surface area contributed by atoms with E-state index in [2.05, 4.69) is 15.8 Å². The lowest BCUT2D eigenvalue weighted by Crippen LogP contribution is -2.39. The van der Waals surface area contributed by atoms with Crippen molar-refractivity contribution in [2.24, 2.45) is 10.2 Å². The summed E-state index contributed by atoms with van der Waals surface area (Å²) >= 11 is 0. The van der Waals surface area contributed by atoms with Crippen LogP contribution in [0.4, 0.5) is 0 Å². The molecule has 0 aromatic rings. The van der Waals surface area contributed by atoms with E-state index < -0.39 is 15.9 Å². The van der Waals surface area contributed by atoms with Gasteiger partial charge in [-0.05, 0) is 0 Å². The van der Waals surface area contributed by atoms with Crippen molar-refractivity contribution in [2.45, 2.75) is 12.8 Å². The van der Waals surface area contributed by atoms with Crippen LogP contribution >= 0.6 is 0 Å². The zero-order chi connectivity index (χ0) is 12.2. The number of nitrogens with two attached hydrogens (primary N) is 1. The van der Waals surface area contributed by atoms with Crippen molar-refractivity contribution < 1.29 is 18.0 Å². The molecule has 0 saturated carbocycles. The fourth-order valence-corrected chi connectivity index (χ4v) is 1.43. The van der Waals surface area contributed by atoms with Crippen molar-refractivity contribution in [2.75, 3.05) is 12.3 Å². The Morgan fingerprint density at radius 3 is 2.69 bits per heavy atom. The van der Waals surface area contributed by atoms with E-state index in [1.54, 1.807) is 0 Å². The largest absolute Gasteiger partial charge is 0.350 e. The van der Waals surface area contributed by atoms with Gasteiger partial charge in [0.15, 0.2) is 0 Å². The standard InChI is InChI=1S/C7H12N4O4S/c8-16(14,15)4-3-9-7(13)5-1-2-6(12)11-10-5/h1-4H2,(H,9,13)(H,11,12)(H2,8,14,15). The Morgan fingerprint density at radius 2 is 2.19 bits per heavy atom. The lowest BCUT2D eigenvalue weighted by Gasteiger charge is -2.11. The molecule has 1 aliphatic rings. The van der Waals surface area contributed by atoms with Gasteiger partial charge in [-0.25, -0.2) is 19.0 Å². The Hall–Kier alpha value is -1.48. The number of sulfonamides is 1. The van der Waals surface area contributed by atoms with Gasteiger partial charge in [0.05, 0.1) is 5.75 Å². The maximum absolute atomic E-state index is 11.4. The average molecular weight is 248 g/mol. The second-order valence-corrected chi connectivity index (χ2v) is 4.95. The molecule has 16 heavy (non-hydrogen) atoms. The molecular weight excluding hydrogens is 236 g/mol. The quantitative estimate of drug-likeness (QED) is 0.514. The lowest BCUT2D eigenvalue weighted by molar-refractivity contribution is -0.121. The normalized spacial score (nSPS) is 16.3. The molecule has 9 heteroatoms. The highest BCUT2D eigenvalue weighted by Crippen LogP contribution is 1.99. The smallest absolute Gasteiger partial charge is 0.267 e. The molecule has 1 aliphatic heterocycles. The number of amides is 2. The molecule has 0 saturated heterocycles. The Morgan fingerprint density at radius 1 is 1.50 bits per heavy atom. The summed E-state index contributed by atoms with van der Waals surface area (Å²) in [5.74, 6) is -1.08. The molecule has 0 aliphatic carbocycles. The third kappa shape index (κ3) is 4.36. The first-order valence-corrected chi connectivity index (χ1v) is 6.24. The van der Waals surface area contributed by atoms with Crippen LogP contribution < -0.4 is 15.9 Å². The topological polar surface area (TPSA) is 131 Å². The van der Waals surface area contributed by atoms with E-state index in [4.69, 9.17) is 5.14 Å². The van der Waals surface area contributed by atoms with Crippen LogP contribution in [0.2, 0.25) is 0 Å². The van der Waals surface area contributed by atoms with E-state index in [0.717, 1.165) is 0 Å². The van der Waals surface area contributed by atoms with Gasteiger partial charge in [-0.15, -0.1) is 0 Å². The third-order valence-electron chi connectivity index (χ3n) is 1.84. The number of hydrazone groups is 1. The summed E-state index contributed by atoms with van der Waals surface area (Å²) < 4.78 is 21.1. The fourth-order valence-electron chi connectivity index (χ4n) is 1.05. The molecular formula is C7H12N4O4S. The number of hydrogen-bond acceptors (Lipinski definition) is 5. The molecule has 0 aromatic heterocycles. The minimum absolute atomic E-state index is 0.0787. The van der Waals surface area contributed by atoms with Crippen LogP contribution in [0.15, 0.2) is 5.10 Å². The van der Waals surface area contributed by atoms with Crippen LogP contribution in [0.1, 0.15) is 12.8 Å². The Kier molecular flexibility index (Phi) is 3.96. The van der Waals surface area contributed by atoms with Crippen molar-refractivity contribution in [3.05, 3.63) is 0 Å². The number of hydrogen-bond donors (Lipinski definition) is 3. The number of carbonyl (C=O) groups excluding carboxylic acids is 2. The molecule has 90 valence electrons. The predicted molar refractivity (Wildman–Crippen MR) is 55.8 cm³/mol. The summed E-state index contributed by atoms with van der Waals surface area (Å²) in [4.78, 5) is 22.1. The molecule has 0 unspecified atom stereocenters. The van der Waals surface area contributed by atoms with Crippen molar-refractivity contribution >= 4 is 27.5 Å². The fraction of sp³-hybridized carbons (Fsp3) is 0.571. The van der Waals surface area contributed by atoms with Gasteiger partial charge in [0.2, 0.25) is 15.9 Å². The summed E-state index contributed by atoms with van der Waals surface area (Å²) in [6.45, 7) is -0.0787. The van der Waals surface area contributed by atoms with E-state index >= 15 is 0 Å². The van der Waals surface area contributed by atoms with Gasteiger partial charge >= 0.3 is 0 Å². The van der Waals surface area contributed by atoms with E-state index in [1.807, 2.05) is 0 Å². The molecule has 0 aromatic carbocycles. The maximum atomic E-state index is 11.4. The van der Waals surface area contributed by atoms with Crippen molar-refractivity contribution in [1.82, 2.24) is 10.7 Å². The van der Waals surface area contributed by atoms with E-state index in [0.29, 0.717) is 0 Å². The van der Waals surface area contributed by atoms with Crippen LogP contribution in [0.3, 0.4) is 0 Å². The first-order valence-electron chi connectivity index (χ1n) is 4.52. The van der Waals surface area contributed by atoms with Gasteiger partial charge in [0.1, 0.15) is 5.71 Å². The molecule has 0 radical (unpaired) electrons. The Bertz CT molecular complexity index is 428. The summed E-state index contributed by atoms with van der Waals surface area (Å²) in [7, 11) is -3.58. The van der Waals surface area contributed by atoms with Gasteiger partial charge in [0, 0.05) is 19.4 Å². The molecule has 4 N–H and O–H groups in total. The Balaban J connectivity index is 2.39. The lowest BCUT2D eigenvalue weighted by atomic mass is 10.2. The summed E-state index contributed by atoms with van der Waals surface area (Å²) in [6.07, 6.45) is 0.439. The number of nitrogens with zero attached hydrogens (tertiary/aromatic N) is 1. The average Bonchev–Trinajstić information content (AvgIpc) is 2.16. The highest BCUT2D eigenvalue weighted by molar-refractivity contribution is 7.89.